The molecule has 0 spiro atoms. The minimum atomic E-state index is 0.564. The van der Waals surface area contributed by atoms with Gasteiger partial charge in [-0.25, -0.2) is 8.80 Å². The van der Waals surface area contributed by atoms with E-state index < -0.39 is 0 Å². The van der Waals surface area contributed by atoms with Crippen molar-refractivity contribution in [1.29, 1.82) is 0 Å². The van der Waals surface area contributed by atoms with Crippen LogP contribution in [0.15, 0.2) is 103 Å². The van der Waals surface area contributed by atoms with Gasteiger partial charge in [0.15, 0.2) is 17.0 Å². The fourth-order valence-corrected chi connectivity index (χ4v) is 4.88. The molecule has 34 heavy (non-hydrogen) atoms. The molecule has 0 radical (unpaired) electrons. The van der Waals surface area contributed by atoms with E-state index >= 15 is 0 Å². The topological polar surface area (TPSA) is 39.0 Å². The van der Waals surface area contributed by atoms with Crippen molar-refractivity contribution < 1.29 is 13.9 Å². The average molecular weight is 445 g/mol. The zero-order chi connectivity index (χ0) is 22.5. The van der Waals surface area contributed by atoms with Gasteiger partial charge in [-0.15, -0.1) is 0 Å². The largest absolute Gasteiger partial charge is 0.486 e. The van der Waals surface area contributed by atoms with Crippen molar-refractivity contribution in [2.75, 3.05) is 18.5 Å². The number of pyridine rings is 2. The van der Waals surface area contributed by atoms with Crippen molar-refractivity contribution >= 4 is 33.4 Å². The molecule has 1 aliphatic heterocycles. The molecule has 0 saturated heterocycles. The molecule has 3 aromatic heterocycles. The summed E-state index contributed by atoms with van der Waals surface area (Å²) in [6.07, 6.45) is 2.10. The van der Waals surface area contributed by atoms with E-state index in [2.05, 4.69) is 99.2 Å². The van der Waals surface area contributed by atoms with Crippen LogP contribution in [0.5, 0.6) is 11.5 Å². The maximum absolute atomic E-state index is 5.83. The third-order valence-electron chi connectivity index (χ3n) is 6.38. The summed E-state index contributed by atoms with van der Waals surface area (Å²) in [6, 6.07) is 33.7. The van der Waals surface area contributed by atoms with Crippen LogP contribution in [0.3, 0.4) is 0 Å². The Labute approximate surface area is 196 Å². The van der Waals surface area contributed by atoms with Gasteiger partial charge in [0.1, 0.15) is 24.6 Å². The molecule has 3 aromatic carbocycles. The minimum absolute atomic E-state index is 0.564. The molecule has 0 fully saturated rings. The van der Waals surface area contributed by atoms with Gasteiger partial charge < -0.3 is 9.47 Å². The molecular weight excluding hydrogens is 422 g/mol. The van der Waals surface area contributed by atoms with Gasteiger partial charge in [-0.1, -0.05) is 60.7 Å². The van der Waals surface area contributed by atoms with Crippen LogP contribution in [0.4, 0.5) is 11.5 Å². The molecule has 164 valence electrons. The number of imidazole rings is 1. The van der Waals surface area contributed by atoms with Crippen LogP contribution in [0.1, 0.15) is 0 Å². The fraction of sp³-hybridized carbons (Fsp3) is 0.0690. The Morgan fingerprint density at radius 2 is 1.53 bits per heavy atom. The van der Waals surface area contributed by atoms with E-state index in [1.165, 1.54) is 16.3 Å². The first-order valence-corrected chi connectivity index (χ1v) is 11.5. The van der Waals surface area contributed by atoms with Crippen LogP contribution in [0.2, 0.25) is 0 Å². The standard InChI is InChI=1S/C29H22N3O2/c1-2-8-20(9-3-1)24-18-21-10-4-5-11-23(21)28-29(31-15-7-6-12-27(31)32(24)28)30-22-13-14-25-26(19-22)34-17-16-33-25/h1-15,18-19,30H,16-17H2/q+1. The minimum Gasteiger partial charge on any atom is -0.486 e. The lowest BCUT2D eigenvalue weighted by atomic mass is 10.1. The van der Waals surface area contributed by atoms with E-state index in [1.807, 2.05) is 18.2 Å². The van der Waals surface area contributed by atoms with E-state index in [-0.39, 0.29) is 0 Å². The molecule has 0 atom stereocenters. The van der Waals surface area contributed by atoms with Crippen LogP contribution in [0, 0.1) is 0 Å². The summed E-state index contributed by atoms with van der Waals surface area (Å²) in [6.45, 7) is 1.15. The van der Waals surface area contributed by atoms with Gasteiger partial charge >= 0.3 is 0 Å². The quantitative estimate of drug-likeness (QED) is 0.340. The third kappa shape index (κ3) is 2.90. The normalized spacial score (nSPS) is 12.9. The van der Waals surface area contributed by atoms with Gasteiger partial charge in [0, 0.05) is 23.1 Å². The predicted molar refractivity (Wildman–Crippen MR) is 134 cm³/mol. The highest BCUT2D eigenvalue weighted by Gasteiger charge is 2.25. The number of fused-ring (bicyclic) bond motifs is 6. The second-order valence-corrected chi connectivity index (χ2v) is 8.43. The van der Waals surface area contributed by atoms with Gasteiger partial charge in [-0.2, -0.15) is 0 Å². The number of ether oxygens (including phenoxy) is 2. The predicted octanol–water partition coefficient (Wildman–Crippen LogP) is 6.01. The van der Waals surface area contributed by atoms with Crippen LogP contribution in [-0.4, -0.2) is 17.6 Å². The number of nitrogens with one attached hydrogen (secondary N) is 1. The van der Waals surface area contributed by atoms with Gasteiger partial charge in [0.05, 0.1) is 6.20 Å². The zero-order valence-electron chi connectivity index (χ0n) is 18.4. The first-order valence-electron chi connectivity index (χ1n) is 11.5. The number of hydrogen-bond acceptors (Lipinski definition) is 3. The monoisotopic (exact) mass is 444 g/mol. The molecule has 1 N–H and O–H groups in total. The molecule has 4 heterocycles. The Hall–Kier alpha value is -4.51. The molecule has 7 rings (SSSR count). The molecule has 0 aliphatic carbocycles. The summed E-state index contributed by atoms with van der Waals surface area (Å²) in [7, 11) is 0. The summed E-state index contributed by atoms with van der Waals surface area (Å²) >= 11 is 0. The van der Waals surface area contributed by atoms with Gasteiger partial charge in [0.25, 0.3) is 5.82 Å². The number of benzene rings is 3. The van der Waals surface area contributed by atoms with E-state index in [4.69, 9.17) is 9.47 Å². The van der Waals surface area contributed by atoms with Crippen LogP contribution >= 0.6 is 0 Å². The van der Waals surface area contributed by atoms with E-state index in [0.29, 0.717) is 13.2 Å². The molecule has 1 aliphatic rings. The van der Waals surface area contributed by atoms with Gasteiger partial charge in [0.2, 0.25) is 5.65 Å². The van der Waals surface area contributed by atoms with Crippen molar-refractivity contribution in [3.63, 3.8) is 0 Å². The van der Waals surface area contributed by atoms with Crippen molar-refractivity contribution in [2.45, 2.75) is 0 Å². The Balaban J connectivity index is 1.55. The lowest BCUT2D eigenvalue weighted by Gasteiger charge is -2.18. The molecule has 0 amide bonds. The Morgan fingerprint density at radius 1 is 0.735 bits per heavy atom. The first-order chi connectivity index (χ1) is 16.9. The number of anilines is 2. The highest BCUT2D eigenvalue weighted by Crippen LogP contribution is 2.37. The summed E-state index contributed by atoms with van der Waals surface area (Å²) in [4.78, 5) is 0. The second-order valence-electron chi connectivity index (χ2n) is 8.43. The highest BCUT2D eigenvalue weighted by molar-refractivity contribution is 6.04. The molecule has 6 aromatic rings. The van der Waals surface area contributed by atoms with Crippen molar-refractivity contribution in [3.05, 3.63) is 103 Å². The molecule has 0 unspecified atom stereocenters. The number of aromatic nitrogens is 2. The van der Waals surface area contributed by atoms with Gasteiger partial charge in [-0.05, 0) is 29.7 Å². The lowest BCUT2D eigenvalue weighted by molar-refractivity contribution is -0.493. The molecule has 5 heteroatoms. The highest BCUT2D eigenvalue weighted by atomic mass is 16.6. The van der Waals surface area contributed by atoms with E-state index in [0.717, 1.165) is 39.9 Å². The fourth-order valence-electron chi connectivity index (χ4n) is 4.88. The summed E-state index contributed by atoms with van der Waals surface area (Å²) in [5.74, 6) is 2.55. The first kappa shape index (κ1) is 19.0. The van der Waals surface area contributed by atoms with Crippen molar-refractivity contribution in [3.8, 4) is 22.8 Å². The Morgan fingerprint density at radius 3 is 2.44 bits per heavy atom. The summed E-state index contributed by atoms with van der Waals surface area (Å²) < 4.78 is 16.1. The van der Waals surface area contributed by atoms with Crippen molar-refractivity contribution in [2.24, 2.45) is 0 Å². The third-order valence-corrected chi connectivity index (χ3v) is 6.38. The molecule has 0 bridgehead atoms. The number of rotatable bonds is 3. The summed E-state index contributed by atoms with van der Waals surface area (Å²) in [5.41, 5.74) is 5.48. The van der Waals surface area contributed by atoms with Crippen LogP contribution < -0.4 is 19.2 Å². The number of nitrogens with zero attached hydrogens (tertiary/aromatic N) is 2. The SMILES string of the molecule is c1ccc(-c2cc3ccccc3c3c(Nc4ccc5c(c4)OCCO5)[n+]4ccccc4n23)cc1. The van der Waals surface area contributed by atoms with E-state index in [9.17, 15) is 0 Å². The van der Waals surface area contributed by atoms with E-state index in [1.54, 1.807) is 0 Å². The molecular formula is C29H22N3O2+. The Kier molecular flexibility index (Phi) is 4.21. The van der Waals surface area contributed by atoms with Crippen LogP contribution in [-0.2, 0) is 0 Å². The molecule has 0 saturated carbocycles. The summed E-state index contributed by atoms with van der Waals surface area (Å²) in [5, 5.41) is 6.08. The van der Waals surface area contributed by atoms with Crippen LogP contribution in [0.25, 0.3) is 33.2 Å². The lowest BCUT2D eigenvalue weighted by Crippen LogP contribution is -2.22. The Bertz CT molecular complexity index is 1690. The maximum Gasteiger partial charge on any atom is 0.272 e. The van der Waals surface area contributed by atoms with Gasteiger partial charge in [-0.3, -0.25) is 5.32 Å². The molecule has 5 nitrogen and oxygen atoms in total. The average Bonchev–Trinajstić information content (AvgIpc) is 3.23. The zero-order valence-corrected chi connectivity index (χ0v) is 18.4. The smallest absolute Gasteiger partial charge is 0.272 e. The van der Waals surface area contributed by atoms with Crippen molar-refractivity contribution in [1.82, 2.24) is 4.40 Å². The maximum atomic E-state index is 5.83. The second kappa shape index (κ2) is 7.52. The number of hydrogen-bond donors (Lipinski definition) is 1.